The van der Waals surface area contributed by atoms with Crippen molar-refractivity contribution in [2.75, 3.05) is 0 Å². The Morgan fingerprint density at radius 1 is 0.857 bits per heavy atom. The van der Waals surface area contributed by atoms with Crippen molar-refractivity contribution in [2.24, 2.45) is 0 Å². The molecule has 1 heteroatoms. The molecular formula is C20H18S. The molecule has 0 radical (unpaired) electrons. The number of hydrogen-bond donors (Lipinski definition) is 0. The van der Waals surface area contributed by atoms with Gasteiger partial charge in [-0.3, -0.25) is 0 Å². The quantitative estimate of drug-likeness (QED) is 0.395. The minimum atomic E-state index is 0.421. The first kappa shape index (κ1) is 14.0. The Morgan fingerprint density at radius 3 is 2.33 bits per heavy atom. The summed E-state index contributed by atoms with van der Waals surface area (Å²) in [6.45, 7) is 3.90. The first-order valence-corrected chi connectivity index (χ1v) is 8.06. The van der Waals surface area contributed by atoms with Gasteiger partial charge in [-0.2, -0.15) is 0 Å². The SMILES string of the molecule is C=CCC(Sc1ccc2ccccc2c1)c1ccccc1. The molecule has 0 aliphatic rings. The second-order valence-corrected chi connectivity index (χ2v) is 6.33. The third kappa shape index (κ3) is 3.37. The fourth-order valence-corrected chi connectivity index (χ4v) is 3.67. The van der Waals surface area contributed by atoms with E-state index in [1.807, 2.05) is 17.8 Å². The zero-order valence-electron chi connectivity index (χ0n) is 11.9. The molecule has 0 N–H and O–H groups in total. The highest BCUT2D eigenvalue weighted by molar-refractivity contribution is 7.99. The molecule has 0 saturated heterocycles. The number of benzene rings is 3. The summed E-state index contributed by atoms with van der Waals surface area (Å²) in [5.74, 6) is 0. The molecule has 0 aromatic heterocycles. The van der Waals surface area contributed by atoms with Gasteiger partial charge in [0.05, 0.1) is 0 Å². The van der Waals surface area contributed by atoms with E-state index in [2.05, 4.69) is 79.4 Å². The van der Waals surface area contributed by atoms with Gasteiger partial charge in [-0.25, -0.2) is 0 Å². The zero-order valence-corrected chi connectivity index (χ0v) is 12.7. The fraction of sp³-hybridized carbons (Fsp3) is 0.100. The van der Waals surface area contributed by atoms with E-state index < -0.39 is 0 Å². The van der Waals surface area contributed by atoms with Crippen LogP contribution in [-0.4, -0.2) is 0 Å². The second kappa shape index (κ2) is 6.64. The molecule has 3 aromatic carbocycles. The van der Waals surface area contributed by atoms with Crippen LogP contribution in [0.5, 0.6) is 0 Å². The summed E-state index contributed by atoms with van der Waals surface area (Å²) < 4.78 is 0. The molecule has 0 aliphatic heterocycles. The third-order valence-corrected chi connectivity index (χ3v) is 4.83. The lowest BCUT2D eigenvalue weighted by Crippen LogP contribution is -1.92. The van der Waals surface area contributed by atoms with Crippen LogP contribution in [0.25, 0.3) is 10.8 Å². The van der Waals surface area contributed by atoms with Gasteiger partial charge in [0.15, 0.2) is 0 Å². The molecule has 0 fully saturated rings. The minimum absolute atomic E-state index is 0.421. The molecule has 3 rings (SSSR count). The topological polar surface area (TPSA) is 0 Å². The van der Waals surface area contributed by atoms with E-state index in [1.165, 1.54) is 21.2 Å². The average Bonchev–Trinajstić information content (AvgIpc) is 2.55. The number of thioether (sulfide) groups is 1. The summed E-state index contributed by atoms with van der Waals surface area (Å²) in [4.78, 5) is 1.31. The molecule has 1 atom stereocenters. The van der Waals surface area contributed by atoms with Crippen molar-refractivity contribution in [1.29, 1.82) is 0 Å². The monoisotopic (exact) mass is 290 g/mol. The Kier molecular flexibility index (Phi) is 4.42. The van der Waals surface area contributed by atoms with Crippen molar-refractivity contribution < 1.29 is 0 Å². The largest absolute Gasteiger partial charge is 0.118 e. The van der Waals surface area contributed by atoms with Crippen LogP contribution in [0.2, 0.25) is 0 Å². The van der Waals surface area contributed by atoms with E-state index in [1.54, 1.807) is 0 Å². The Hall–Kier alpha value is -1.99. The van der Waals surface area contributed by atoms with Crippen molar-refractivity contribution >= 4 is 22.5 Å². The molecule has 0 aliphatic carbocycles. The number of fused-ring (bicyclic) bond motifs is 1. The van der Waals surface area contributed by atoms with Gasteiger partial charge >= 0.3 is 0 Å². The van der Waals surface area contributed by atoms with Crippen LogP contribution in [0.1, 0.15) is 17.2 Å². The van der Waals surface area contributed by atoms with Gasteiger partial charge in [0.25, 0.3) is 0 Å². The molecule has 0 nitrogen and oxygen atoms in total. The Morgan fingerprint density at radius 2 is 1.57 bits per heavy atom. The predicted molar refractivity (Wildman–Crippen MR) is 93.8 cm³/mol. The molecular weight excluding hydrogens is 272 g/mol. The van der Waals surface area contributed by atoms with Gasteiger partial charge < -0.3 is 0 Å². The predicted octanol–water partition coefficient (Wildman–Crippen LogP) is 6.25. The van der Waals surface area contributed by atoms with Crippen LogP contribution in [0.3, 0.4) is 0 Å². The molecule has 0 spiro atoms. The van der Waals surface area contributed by atoms with E-state index in [9.17, 15) is 0 Å². The smallest absolute Gasteiger partial charge is 0.0378 e. The molecule has 3 aromatic rings. The van der Waals surface area contributed by atoms with Crippen LogP contribution in [0.15, 0.2) is 90.3 Å². The average molecular weight is 290 g/mol. The van der Waals surface area contributed by atoms with Crippen molar-refractivity contribution in [3.8, 4) is 0 Å². The molecule has 0 bridgehead atoms. The number of rotatable bonds is 5. The maximum Gasteiger partial charge on any atom is 0.0378 e. The van der Waals surface area contributed by atoms with Gasteiger partial charge in [0.1, 0.15) is 0 Å². The Balaban J connectivity index is 1.89. The third-order valence-electron chi connectivity index (χ3n) is 3.55. The fourth-order valence-electron chi connectivity index (χ4n) is 2.48. The standard InChI is InChI=1S/C20H18S/c1-2-8-20(17-10-4-3-5-11-17)21-19-14-13-16-9-6-7-12-18(16)15-19/h2-7,9-15,20H,1,8H2. The Labute approximate surface area is 130 Å². The lowest BCUT2D eigenvalue weighted by Gasteiger charge is -2.15. The van der Waals surface area contributed by atoms with Crippen molar-refractivity contribution in [1.82, 2.24) is 0 Å². The summed E-state index contributed by atoms with van der Waals surface area (Å²) in [5.41, 5.74) is 1.36. The van der Waals surface area contributed by atoms with E-state index >= 15 is 0 Å². The number of hydrogen-bond acceptors (Lipinski definition) is 1. The highest BCUT2D eigenvalue weighted by Gasteiger charge is 2.11. The van der Waals surface area contributed by atoms with Gasteiger partial charge in [-0.1, -0.05) is 66.7 Å². The van der Waals surface area contributed by atoms with Gasteiger partial charge in [0.2, 0.25) is 0 Å². The molecule has 21 heavy (non-hydrogen) atoms. The van der Waals surface area contributed by atoms with E-state index in [-0.39, 0.29) is 0 Å². The van der Waals surface area contributed by atoms with Crippen molar-refractivity contribution in [2.45, 2.75) is 16.6 Å². The van der Waals surface area contributed by atoms with Gasteiger partial charge in [0, 0.05) is 10.1 Å². The van der Waals surface area contributed by atoms with E-state index in [0.717, 1.165) is 6.42 Å². The van der Waals surface area contributed by atoms with Crippen LogP contribution in [0, 0.1) is 0 Å². The molecule has 1 unspecified atom stereocenters. The van der Waals surface area contributed by atoms with Gasteiger partial charge in [-0.05, 0) is 34.9 Å². The van der Waals surface area contributed by atoms with Crippen molar-refractivity contribution in [3.63, 3.8) is 0 Å². The van der Waals surface area contributed by atoms with E-state index in [4.69, 9.17) is 0 Å². The summed E-state index contributed by atoms with van der Waals surface area (Å²) in [7, 11) is 0. The summed E-state index contributed by atoms with van der Waals surface area (Å²) in [6, 6.07) is 25.9. The van der Waals surface area contributed by atoms with Gasteiger partial charge in [-0.15, -0.1) is 18.3 Å². The van der Waals surface area contributed by atoms with Crippen molar-refractivity contribution in [3.05, 3.63) is 91.0 Å². The highest BCUT2D eigenvalue weighted by atomic mass is 32.2. The minimum Gasteiger partial charge on any atom is -0.118 e. The second-order valence-electron chi connectivity index (χ2n) is 5.05. The molecule has 104 valence electrons. The van der Waals surface area contributed by atoms with Crippen LogP contribution in [-0.2, 0) is 0 Å². The lowest BCUT2D eigenvalue weighted by molar-refractivity contribution is 0.971. The first-order chi connectivity index (χ1) is 10.4. The Bertz CT molecular complexity index is 731. The maximum atomic E-state index is 3.90. The van der Waals surface area contributed by atoms with Crippen LogP contribution < -0.4 is 0 Å². The van der Waals surface area contributed by atoms with E-state index in [0.29, 0.717) is 5.25 Å². The highest BCUT2D eigenvalue weighted by Crippen LogP contribution is 2.38. The molecule has 0 saturated carbocycles. The molecule has 0 amide bonds. The summed E-state index contributed by atoms with van der Waals surface area (Å²) in [5, 5.41) is 3.01. The summed E-state index contributed by atoms with van der Waals surface area (Å²) in [6.07, 6.45) is 2.98. The van der Waals surface area contributed by atoms with Crippen LogP contribution in [0.4, 0.5) is 0 Å². The number of allylic oxidation sites excluding steroid dienone is 1. The summed E-state index contributed by atoms with van der Waals surface area (Å²) >= 11 is 1.91. The maximum absolute atomic E-state index is 3.90. The zero-order chi connectivity index (χ0) is 14.5. The van der Waals surface area contributed by atoms with Crippen LogP contribution >= 0.6 is 11.8 Å². The first-order valence-electron chi connectivity index (χ1n) is 7.18. The molecule has 0 heterocycles. The lowest BCUT2D eigenvalue weighted by atomic mass is 10.1. The normalized spacial score (nSPS) is 12.2.